The van der Waals surface area contributed by atoms with Crippen molar-refractivity contribution in [2.45, 2.75) is 6.18 Å². The molecular weight excluding hydrogens is 429 g/mol. The van der Waals surface area contributed by atoms with Crippen LogP contribution in [-0.4, -0.2) is 72.0 Å². The van der Waals surface area contributed by atoms with E-state index in [0.717, 1.165) is 25.4 Å². The number of rotatable bonds is 6. The molecule has 0 amide bonds. The second kappa shape index (κ2) is 9.13. The molecule has 0 radical (unpaired) electrons. The topological polar surface area (TPSA) is 78.2 Å². The van der Waals surface area contributed by atoms with Crippen molar-refractivity contribution in [2.75, 3.05) is 46.6 Å². The maximum Gasteiger partial charge on any atom is 0.433 e. The molecule has 0 bridgehead atoms. The molecule has 3 heterocycles. The molecule has 1 aliphatic rings. The average Bonchev–Trinajstić information content (AvgIpc) is 3.22. The third-order valence-electron chi connectivity index (χ3n) is 5.11. The van der Waals surface area contributed by atoms with Crippen LogP contribution in [0.5, 0.6) is 5.75 Å². The van der Waals surface area contributed by atoms with Gasteiger partial charge in [-0.15, -0.1) is 0 Å². The largest absolute Gasteiger partial charge is 0.496 e. The molecule has 3 aromatic rings. The summed E-state index contributed by atoms with van der Waals surface area (Å²) in [6.07, 6.45) is -3.68. The summed E-state index contributed by atoms with van der Waals surface area (Å²) < 4.78 is 57.7. The van der Waals surface area contributed by atoms with Gasteiger partial charge in [-0.25, -0.2) is 14.3 Å². The quantitative estimate of drug-likeness (QED) is 0.535. The van der Waals surface area contributed by atoms with Crippen molar-refractivity contribution in [1.82, 2.24) is 19.5 Å². The first-order valence-corrected chi connectivity index (χ1v) is 9.95. The van der Waals surface area contributed by atoms with Crippen LogP contribution >= 0.6 is 0 Å². The highest BCUT2D eigenvalue weighted by atomic mass is 19.4. The van der Waals surface area contributed by atoms with E-state index in [0.29, 0.717) is 35.6 Å². The normalized spacial score (nSPS) is 15.1. The number of methoxy groups -OCH3 is 1. The molecule has 0 atom stereocenters. The first kappa shape index (κ1) is 22.0. The minimum absolute atomic E-state index is 0.00476. The predicted octanol–water partition coefficient (Wildman–Crippen LogP) is 2.91. The van der Waals surface area contributed by atoms with Gasteiger partial charge in [0, 0.05) is 25.2 Å². The van der Waals surface area contributed by atoms with Gasteiger partial charge in [-0.3, -0.25) is 4.90 Å². The van der Waals surface area contributed by atoms with E-state index in [4.69, 9.17) is 14.2 Å². The van der Waals surface area contributed by atoms with E-state index in [1.165, 1.54) is 7.11 Å². The van der Waals surface area contributed by atoms with E-state index in [9.17, 15) is 18.0 Å². The summed E-state index contributed by atoms with van der Waals surface area (Å²) in [5.74, 6) is -0.433. The standard InChI is InChI=1S/C21H21F3N4O4/c1-30-17-5-3-2-4-14(17)16-12-18(21(22,23)24)28-19(26-16)15(13-25-28)20(29)32-11-8-27-6-9-31-10-7-27/h2-5,12-13H,6-11H2,1H3. The van der Waals surface area contributed by atoms with Crippen molar-refractivity contribution in [2.24, 2.45) is 0 Å². The fourth-order valence-corrected chi connectivity index (χ4v) is 3.47. The van der Waals surface area contributed by atoms with E-state index in [1.807, 2.05) is 0 Å². The fourth-order valence-electron chi connectivity index (χ4n) is 3.47. The number of para-hydroxylation sites is 1. The molecule has 0 unspecified atom stereocenters. The van der Waals surface area contributed by atoms with Gasteiger partial charge in [-0.05, 0) is 18.2 Å². The highest BCUT2D eigenvalue weighted by Gasteiger charge is 2.36. The Morgan fingerprint density at radius 3 is 2.69 bits per heavy atom. The lowest BCUT2D eigenvalue weighted by atomic mass is 10.1. The Kier molecular flexibility index (Phi) is 6.28. The van der Waals surface area contributed by atoms with Gasteiger partial charge in [0.05, 0.1) is 32.2 Å². The zero-order chi connectivity index (χ0) is 22.7. The average molecular weight is 450 g/mol. The summed E-state index contributed by atoms with van der Waals surface area (Å²) in [6.45, 7) is 3.27. The third-order valence-corrected chi connectivity index (χ3v) is 5.11. The number of esters is 1. The summed E-state index contributed by atoms with van der Waals surface area (Å²) in [5.41, 5.74) is -1.08. The maximum absolute atomic E-state index is 13.8. The Balaban J connectivity index is 1.67. The predicted molar refractivity (Wildman–Crippen MR) is 108 cm³/mol. The molecule has 32 heavy (non-hydrogen) atoms. The number of carbonyl (C=O) groups is 1. The number of carbonyl (C=O) groups excluding carboxylic acids is 1. The van der Waals surface area contributed by atoms with Gasteiger partial charge in [-0.2, -0.15) is 18.3 Å². The number of benzene rings is 1. The smallest absolute Gasteiger partial charge is 0.433 e. The second-order valence-corrected chi connectivity index (χ2v) is 7.11. The zero-order valence-corrected chi connectivity index (χ0v) is 17.3. The number of ether oxygens (including phenoxy) is 3. The van der Waals surface area contributed by atoms with Gasteiger partial charge >= 0.3 is 12.1 Å². The molecule has 0 spiro atoms. The highest BCUT2D eigenvalue weighted by molar-refractivity contribution is 5.96. The summed E-state index contributed by atoms with van der Waals surface area (Å²) in [7, 11) is 1.41. The Morgan fingerprint density at radius 1 is 1.22 bits per heavy atom. The molecule has 1 aromatic carbocycles. The number of halogens is 3. The molecule has 8 nitrogen and oxygen atoms in total. The maximum atomic E-state index is 13.8. The fraction of sp³-hybridized carbons (Fsp3) is 0.381. The molecule has 0 saturated carbocycles. The molecule has 170 valence electrons. The van der Waals surface area contributed by atoms with Gasteiger partial charge in [0.25, 0.3) is 0 Å². The molecule has 0 N–H and O–H groups in total. The Labute approximate surface area is 181 Å². The van der Waals surface area contributed by atoms with Crippen LogP contribution in [0.4, 0.5) is 13.2 Å². The summed E-state index contributed by atoms with van der Waals surface area (Å²) in [4.78, 5) is 19.0. The molecule has 4 rings (SSSR count). The SMILES string of the molecule is COc1ccccc1-c1cc(C(F)(F)F)n2ncc(C(=O)OCCN3CCOCC3)c2n1. The number of aromatic nitrogens is 3. The van der Waals surface area contributed by atoms with E-state index in [2.05, 4.69) is 15.0 Å². The van der Waals surface area contributed by atoms with Gasteiger partial charge < -0.3 is 14.2 Å². The van der Waals surface area contributed by atoms with E-state index >= 15 is 0 Å². The summed E-state index contributed by atoms with van der Waals surface area (Å²) >= 11 is 0. The minimum atomic E-state index is -4.72. The van der Waals surface area contributed by atoms with Gasteiger partial charge in [0.15, 0.2) is 11.3 Å². The Bertz CT molecular complexity index is 1110. The molecule has 11 heteroatoms. The van der Waals surface area contributed by atoms with E-state index < -0.39 is 17.8 Å². The Hall–Kier alpha value is -3.18. The van der Waals surface area contributed by atoms with Gasteiger partial charge in [0.2, 0.25) is 0 Å². The molecule has 1 saturated heterocycles. The van der Waals surface area contributed by atoms with Crippen LogP contribution < -0.4 is 4.74 Å². The van der Waals surface area contributed by atoms with Crippen molar-refractivity contribution in [1.29, 1.82) is 0 Å². The van der Waals surface area contributed by atoms with Crippen LogP contribution in [0.2, 0.25) is 0 Å². The zero-order valence-electron chi connectivity index (χ0n) is 17.3. The molecule has 2 aromatic heterocycles. The minimum Gasteiger partial charge on any atom is -0.496 e. The number of hydrogen-bond donors (Lipinski definition) is 0. The van der Waals surface area contributed by atoms with Gasteiger partial charge in [-0.1, -0.05) is 12.1 Å². The van der Waals surface area contributed by atoms with Crippen molar-refractivity contribution in [3.8, 4) is 17.0 Å². The molecule has 1 fully saturated rings. The van der Waals surface area contributed by atoms with Crippen molar-refractivity contribution in [3.05, 3.63) is 47.8 Å². The molecular formula is C21H21F3N4O4. The monoisotopic (exact) mass is 450 g/mol. The van der Waals surface area contributed by atoms with Crippen LogP contribution in [0.1, 0.15) is 16.1 Å². The highest BCUT2D eigenvalue weighted by Crippen LogP contribution is 2.35. The molecule has 1 aliphatic heterocycles. The van der Waals surface area contributed by atoms with Crippen LogP contribution in [-0.2, 0) is 15.7 Å². The number of fused-ring (bicyclic) bond motifs is 1. The number of alkyl halides is 3. The van der Waals surface area contributed by atoms with Crippen molar-refractivity contribution >= 4 is 11.6 Å². The van der Waals surface area contributed by atoms with Crippen LogP contribution in [0, 0.1) is 0 Å². The van der Waals surface area contributed by atoms with Crippen molar-refractivity contribution < 1.29 is 32.2 Å². The van der Waals surface area contributed by atoms with E-state index in [1.54, 1.807) is 24.3 Å². The number of morpholine rings is 1. The summed E-state index contributed by atoms with van der Waals surface area (Å²) in [5, 5.41) is 3.76. The lowest BCUT2D eigenvalue weighted by Crippen LogP contribution is -2.38. The number of nitrogens with zero attached hydrogens (tertiary/aromatic N) is 4. The first-order chi connectivity index (χ1) is 15.4. The summed E-state index contributed by atoms with van der Waals surface area (Å²) in [6, 6.07) is 7.45. The van der Waals surface area contributed by atoms with E-state index in [-0.39, 0.29) is 23.5 Å². The first-order valence-electron chi connectivity index (χ1n) is 9.95. The second-order valence-electron chi connectivity index (χ2n) is 7.11. The van der Waals surface area contributed by atoms with Crippen molar-refractivity contribution in [3.63, 3.8) is 0 Å². The van der Waals surface area contributed by atoms with Crippen LogP contribution in [0.15, 0.2) is 36.5 Å². The third kappa shape index (κ3) is 4.53. The molecule has 0 aliphatic carbocycles. The number of hydrogen-bond acceptors (Lipinski definition) is 7. The van der Waals surface area contributed by atoms with Gasteiger partial charge in [0.1, 0.15) is 17.9 Å². The van der Waals surface area contributed by atoms with Crippen LogP contribution in [0.3, 0.4) is 0 Å². The lowest BCUT2D eigenvalue weighted by Gasteiger charge is -2.26. The van der Waals surface area contributed by atoms with Crippen LogP contribution in [0.25, 0.3) is 16.9 Å². The Morgan fingerprint density at radius 2 is 1.97 bits per heavy atom. The lowest BCUT2D eigenvalue weighted by molar-refractivity contribution is -0.142.